The summed E-state index contributed by atoms with van der Waals surface area (Å²) in [6, 6.07) is 13.6. The minimum absolute atomic E-state index is 0.100. The SMILES string of the molecule is COCCN(C(=O)[C@@H]1C[C@H](F)CN1C(=O)OC(C)(C)C)[C@@H]1C[C@H](C(=O)NCc2ccc(C#Cc3ccc(CN4CCOCC4)cc3)cc2)N(C(=O)C2CC2)C1. The number of methoxy groups -OCH3 is 1. The molecule has 3 aliphatic heterocycles. The lowest BCUT2D eigenvalue weighted by atomic mass is 10.1. The van der Waals surface area contributed by atoms with Gasteiger partial charge in [-0.1, -0.05) is 36.1 Å². The summed E-state index contributed by atoms with van der Waals surface area (Å²) in [6.45, 7) is 9.99. The van der Waals surface area contributed by atoms with Crippen molar-refractivity contribution in [1.82, 2.24) is 24.9 Å². The van der Waals surface area contributed by atoms with Crippen molar-refractivity contribution in [2.45, 2.75) is 89.4 Å². The van der Waals surface area contributed by atoms with Crippen molar-refractivity contribution in [1.29, 1.82) is 0 Å². The second-order valence-corrected chi connectivity index (χ2v) is 15.9. The van der Waals surface area contributed by atoms with Gasteiger partial charge in [0.2, 0.25) is 17.7 Å². The van der Waals surface area contributed by atoms with E-state index >= 15 is 0 Å². The van der Waals surface area contributed by atoms with Gasteiger partial charge >= 0.3 is 6.09 Å². The highest BCUT2D eigenvalue weighted by Gasteiger charge is 2.49. The third-order valence-electron chi connectivity index (χ3n) is 10.5. The van der Waals surface area contributed by atoms with Gasteiger partial charge in [-0.2, -0.15) is 0 Å². The standard InChI is InChI=1S/C42H54FN5O7/c1-42(2,3)55-41(52)48-27-34(43)23-37(48)40(51)46(19-20-53-4)35-24-36(47(28-35)39(50)33-15-16-33)38(49)44-25-31-11-7-29(8-12-31)5-6-30-9-13-32(14-10-30)26-45-17-21-54-22-18-45/h7-14,33-37H,15-28H2,1-4H3,(H,44,49)/t34-,35+,36+,37-/m0/s1. The predicted octanol–water partition coefficient (Wildman–Crippen LogP) is 3.74. The lowest BCUT2D eigenvalue weighted by Crippen LogP contribution is -2.53. The average molecular weight is 760 g/mol. The van der Waals surface area contributed by atoms with Gasteiger partial charge < -0.3 is 29.3 Å². The van der Waals surface area contributed by atoms with E-state index in [9.17, 15) is 23.6 Å². The first-order valence-corrected chi connectivity index (χ1v) is 19.4. The third-order valence-corrected chi connectivity index (χ3v) is 10.5. The Hall–Kier alpha value is -4.51. The van der Waals surface area contributed by atoms with Gasteiger partial charge in [0.15, 0.2) is 0 Å². The number of ether oxygens (including phenoxy) is 3. The van der Waals surface area contributed by atoms with E-state index in [4.69, 9.17) is 14.2 Å². The Kier molecular flexibility index (Phi) is 13.1. The monoisotopic (exact) mass is 759 g/mol. The maximum Gasteiger partial charge on any atom is 0.411 e. The van der Waals surface area contributed by atoms with E-state index in [0.717, 1.165) is 67.3 Å². The molecular weight excluding hydrogens is 705 g/mol. The van der Waals surface area contributed by atoms with Crippen LogP contribution < -0.4 is 5.32 Å². The number of amides is 4. The zero-order valence-corrected chi connectivity index (χ0v) is 32.4. The lowest BCUT2D eigenvalue weighted by molar-refractivity contribution is -0.140. The number of halogens is 1. The number of likely N-dealkylation sites (tertiary alicyclic amines) is 2. The zero-order valence-electron chi connectivity index (χ0n) is 32.4. The van der Waals surface area contributed by atoms with Gasteiger partial charge in [0, 0.05) is 69.8 Å². The van der Waals surface area contributed by atoms with Crippen molar-refractivity contribution in [2.75, 3.05) is 59.7 Å². The molecule has 4 fully saturated rings. The highest BCUT2D eigenvalue weighted by molar-refractivity contribution is 5.91. The summed E-state index contributed by atoms with van der Waals surface area (Å²) < 4.78 is 31.0. The minimum atomic E-state index is -1.38. The van der Waals surface area contributed by atoms with Gasteiger partial charge in [-0.15, -0.1) is 0 Å². The van der Waals surface area contributed by atoms with Gasteiger partial charge in [0.05, 0.1) is 32.4 Å². The summed E-state index contributed by atoms with van der Waals surface area (Å²) in [5.74, 6) is 5.45. The summed E-state index contributed by atoms with van der Waals surface area (Å²) in [5, 5.41) is 3.01. The number of hydrogen-bond acceptors (Lipinski definition) is 8. The first kappa shape index (κ1) is 40.2. The normalized spacial score (nSPS) is 22.9. The Bertz CT molecular complexity index is 1730. The molecule has 2 aromatic carbocycles. The second-order valence-electron chi connectivity index (χ2n) is 15.9. The Balaban J connectivity index is 1.08. The topological polar surface area (TPSA) is 121 Å². The molecule has 4 amide bonds. The predicted molar refractivity (Wildman–Crippen MR) is 203 cm³/mol. The fraction of sp³-hybridized carbons (Fsp3) is 0.571. The van der Waals surface area contributed by atoms with Crippen LogP contribution in [0.4, 0.5) is 9.18 Å². The first-order chi connectivity index (χ1) is 26.4. The third kappa shape index (κ3) is 10.8. The molecule has 0 bridgehead atoms. The molecule has 4 aliphatic rings. The number of carbonyl (C=O) groups excluding carboxylic acids is 4. The van der Waals surface area contributed by atoms with E-state index in [1.165, 1.54) is 12.7 Å². The van der Waals surface area contributed by atoms with Gasteiger partial charge in [-0.25, -0.2) is 9.18 Å². The van der Waals surface area contributed by atoms with Crippen LogP contribution in [0.25, 0.3) is 0 Å². The highest BCUT2D eigenvalue weighted by atomic mass is 19.1. The number of nitrogens with one attached hydrogen (secondary N) is 1. The van der Waals surface area contributed by atoms with Crippen molar-refractivity contribution in [3.8, 4) is 11.8 Å². The molecule has 6 rings (SSSR count). The van der Waals surface area contributed by atoms with E-state index in [2.05, 4.69) is 34.2 Å². The molecule has 0 aromatic heterocycles. The molecule has 12 nitrogen and oxygen atoms in total. The smallest absolute Gasteiger partial charge is 0.411 e. The molecule has 4 atom stereocenters. The lowest BCUT2D eigenvalue weighted by Gasteiger charge is -2.34. The molecule has 296 valence electrons. The van der Waals surface area contributed by atoms with Crippen LogP contribution in [0, 0.1) is 17.8 Å². The number of carbonyl (C=O) groups is 4. The van der Waals surface area contributed by atoms with E-state index < -0.39 is 41.9 Å². The van der Waals surface area contributed by atoms with E-state index in [0.29, 0.717) is 0 Å². The fourth-order valence-electron chi connectivity index (χ4n) is 7.36. The number of hydrogen-bond donors (Lipinski definition) is 1. The van der Waals surface area contributed by atoms with Gasteiger partial charge in [0.25, 0.3) is 0 Å². The molecule has 0 spiro atoms. The quantitative estimate of drug-likeness (QED) is 0.345. The zero-order chi connectivity index (χ0) is 39.1. The Morgan fingerprint density at radius 3 is 2.13 bits per heavy atom. The van der Waals surface area contributed by atoms with Crippen LogP contribution in [0.2, 0.25) is 0 Å². The summed E-state index contributed by atoms with van der Waals surface area (Å²) in [5.41, 5.74) is 3.08. The minimum Gasteiger partial charge on any atom is -0.444 e. The van der Waals surface area contributed by atoms with Crippen LogP contribution >= 0.6 is 0 Å². The first-order valence-electron chi connectivity index (χ1n) is 19.4. The molecule has 1 saturated carbocycles. The summed E-state index contributed by atoms with van der Waals surface area (Å²) in [4.78, 5) is 61.2. The number of nitrogens with zero attached hydrogens (tertiary/aromatic N) is 4. The van der Waals surface area contributed by atoms with Crippen molar-refractivity contribution in [3.05, 3.63) is 70.8 Å². The number of rotatable bonds is 11. The van der Waals surface area contributed by atoms with E-state index in [1.54, 1.807) is 30.6 Å². The van der Waals surface area contributed by atoms with Crippen molar-refractivity contribution < 1.29 is 37.8 Å². The van der Waals surface area contributed by atoms with Crippen LogP contribution in [-0.2, 0) is 41.7 Å². The van der Waals surface area contributed by atoms with Gasteiger partial charge in [-0.05, 0) is 75.4 Å². The maximum absolute atomic E-state index is 14.8. The van der Waals surface area contributed by atoms with Crippen molar-refractivity contribution in [2.24, 2.45) is 5.92 Å². The Morgan fingerprint density at radius 1 is 0.891 bits per heavy atom. The van der Waals surface area contributed by atoms with Crippen LogP contribution in [-0.4, -0.2) is 133 Å². The number of morpholine rings is 1. The summed E-state index contributed by atoms with van der Waals surface area (Å²) in [7, 11) is 1.52. The molecule has 3 heterocycles. The molecule has 55 heavy (non-hydrogen) atoms. The molecule has 3 saturated heterocycles. The van der Waals surface area contributed by atoms with E-state index in [1.807, 2.05) is 36.4 Å². The van der Waals surface area contributed by atoms with Crippen molar-refractivity contribution >= 4 is 23.8 Å². The average Bonchev–Trinajstić information content (AvgIpc) is 3.80. The molecule has 1 N–H and O–H groups in total. The van der Waals surface area contributed by atoms with Crippen LogP contribution in [0.3, 0.4) is 0 Å². The molecule has 2 aromatic rings. The molecule has 1 aliphatic carbocycles. The van der Waals surface area contributed by atoms with Crippen LogP contribution in [0.15, 0.2) is 48.5 Å². The largest absolute Gasteiger partial charge is 0.444 e. The molecular formula is C42H54FN5O7. The second kappa shape index (κ2) is 18.0. The highest BCUT2D eigenvalue weighted by Crippen LogP contribution is 2.35. The Morgan fingerprint density at radius 2 is 1.53 bits per heavy atom. The van der Waals surface area contributed by atoms with Crippen LogP contribution in [0.5, 0.6) is 0 Å². The van der Waals surface area contributed by atoms with E-state index in [-0.39, 0.29) is 63.4 Å². The fourth-order valence-corrected chi connectivity index (χ4v) is 7.36. The van der Waals surface area contributed by atoms with Gasteiger partial charge in [-0.3, -0.25) is 24.2 Å². The Labute approximate surface area is 323 Å². The molecule has 0 unspecified atom stereocenters. The maximum atomic E-state index is 14.8. The van der Waals surface area contributed by atoms with Gasteiger partial charge in [0.1, 0.15) is 23.9 Å². The van der Waals surface area contributed by atoms with Crippen LogP contribution in [0.1, 0.15) is 68.7 Å². The summed E-state index contributed by atoms with van der Waals surface area (Å²) >= 11 is 0. The summed E-state index contributed by atoms with van der Waals surface area (Å²) in [6.07, 6.45) is -0.555. The molecule has 13 heteroatoms. The molecule has 0 radical (unpaired) electrons. The van der Waals surface area contributed by atoms with Crippen molar-refractivity contribution in [3.63, 3.8) is 0 Å². The number of alkyl halides is 1. The number of benzene rings is 2.